The van der Waals surface area contributed by atoms with Crippen LogP contribution < -0.4 is 5.69 Å². The van der Waals surface area contributed by atoms with Gasteiger partial charge in [-0.3, -0.25) is 9.78 Å². The number of benzene rings is 1. The molecule has 1 aromatic carbocycles. The topological polar surface area (TPSA) is 81.8 Å². The number of aromatic amines is 2. The van der Waals surface area contributed by atoms with Crippen molar-refractivity contribution in [3.8, 4) is 0 Å². The Kier molecular flexibility index (Phi) is 4.97. The number of rotatable bonds is 6. The Balaban J connectivity index is 1.55. The van der Waals surface area contributed by atoms with Crippen molar-refractivity contribution in [2.45, 2.75) is 32.2 Å². The van der Waals surface area contributed by atoms with Crippen molar-refractivity contribution in [3.63, 3.8) is 0 Å². The van der Waals surface area contributed by atoms with Gasteiger partial charge in [-0.05, 0) is 49.6 Å². The molecule has 1 atom stereocenters. The number of amides is 1. The summed E-state index contributed by atoms with van der Waals surface area (Å²) < 4.78 is 0. The van der Waals surface area contributed by atoms with Gasteiger partial charge in [0.1, 0.15) is 0 Å². The molecule has 0 spiro atoms. The smallest absolute Gasteiger partial charge is 0.323 e. The van der Waals surface area contributed by atoms with Crippen LogP contribution in [-0.2, 0) is 11.2 Å². The van der Waals surface area contributed by atoms with Gasteiger partial charge in [-0.1, -0.05) is 12.1 Å². The number of carbonyl (C=O) groups excluding carboxylic acids is 1. The van der Waals surface area contributed by atoms with Gasteiger partial charge in [0.25, 0.3) is 0 Å². The summed E-state index contributed by atoms with van der Waals surface area (Å²) in [6, 6.07) is 11.5. The Morgan fingerprint density at radius 3 is 2.76 bits per heavy atom. The second kappa shape index (κ2) is 7.34. The first kappa shape index (κ1) is 17.0. The molecule has 2 N–H and O–H groups in total. The lowest BCUT2D eigenvalue weighted by molar-refractivity contribution is -0.131. The van der Waals surface area contributed by atoms with E-state index in [0.717, 1.165) is 35.1 Å². The van der Waals surface area contributed by atoms with Crippen LogP contribution in [0.25, 0.3) is 11.0 Å². The summed E-state index contributed by atoms with van der Waals surface area (Å²) in [6.07, 6.45) is 3.78. The van der Waals surface area contributed by atoms with Crippen LogP contribution >= 0.6 is 0 Å². The molecule has 0 aliphatic heterocycles. The van der Waals surface area contributed by atoms with Gasteiger partial charge in [0.2, 0.25) is 5.91 Å². The Labute approximate surface area is 145 Å². The normalized spacial score (nSPS) is 12.2. The molecule has 2 aromatic heterocycles. The van der Waals surface area contributed by atoms with Crippen molar-refractivity contribution in [1.29, 1.82) is 0 Å². The highest BCUT2D eigenvalue weighted by Gasteiger charge is 2.17. The highest BCUT2D eigenvalue weighted by molar-refractivity contribution is 5.76. The summed E-state index contributed by atoms with van der Waals surface area (Å²) in [4.78, 5) is 35.2. The molecule has 130 valence electrons. The summed E-state index contributed by atoms with van der Waals surface area (Å²) in [7, 11) is 1.82. The van der Waals surface area contributed by atoms with E-state index in [1.165, 1.54) is 0 Å². The van der Waals surface area contributed by atoms with Crippen molar-refractivity contribution >= 4 is 16.9 Å². The van der Waals surface area contributed by atoms with Crippen LogP contribution in [-0.4, -0.2) is 32.8 Å². The van der Waals surface area contributed by atoms with E-state index in [9.17, 15) is 9.59 Å². The lowest BCUT2D eigenvalue weighted by Crippen LogP contribution is -2.29. The van der Waals surface area contributed by atoms with Gasteiger partial charge in [0.05, 0.1) is 22.8 Å². The van der Waals surface area contributed by atoms with Crippen LogP contribution in [0.4, 0.5) is 0 Å². The number of aromatic nitrogens is 3. The summed E-state index contributed by atoms with van der Waals surface area (Å²) >= 11 is 0. The molecule has 0 bridgehead atoms. The van der Waals surface area contributed by atoms with Gasteiger partial charge in [0.15, 0.2) is 0 Å². The fourth-order valence-corrected chi connectivity index (χ4v) is 2.89. The summed E-state index contributed by atoms with van der Waals surface area (Å²) in [5.74, 6) is 0.106. The third-order valence-electron chi connectivity index (χ3n) is 4.53. The first-order chi connectivity index (χ1) is 12.0. The maximum atomic E-state index is 12.4. The standard InChI is InChI=1S/C19H22N4O2/c1-13(15-7-3-4-11-20-15)23(2)18(24)8-5-6-14-9-10-16-17(12-14)22-19(25)21-16/h3-4,7,9-13H,5-6,8H2,1-2H3,(H2,21,22,25). The predicted molar refractivity (Wildman–Crippen MR) is 97.3 cm³/mol. The Hall–Kier alpha value is -2.89. The predicted octanol–water partition coefficient (Wildman–Crippen LogP) is 2.79. The number of carbonyl (C=O) groups is 1. The van der Waals surface area contributed by atoms with Crippen molar-refractivity contribution in [1.82, 2.24) is 19.9 Å². The first-order valence-electron chi connectivity index (χ1n) is 8.42. The molecule has 0 radical (unpaired) electrons. The molecule has 0 fully saturated rings. The largest absolute Gasteiger partial charge is 0.337 e. The minimum atomic E-state index is -0.201. The monoisotopic (exact) mass is 338 g/mol. The molecule has 6 heteroatoms. The fraction of sp³-hybridized carbons (Fsp3) is 0.316. The van der Waals surface area contributed by atoms with E-state index in [1.54, 1.807) is 11.1 Å². The van der Waals surface area contributed by atoms with Gasteiger partial charge >= 0.3 is 5.69 Å². The van der Waals surface area contributed by atoms with Crippen molar-refractivity contribution in [2.24, 2.45) is 0 Å². The molecule has 6 nitrogen and oxygen atoms in total. The van der Waals surface area contributed by atoms with Crippen molar-refractivity contribution < 1.29 is 4.79 Å². The molecule has 0 aliphatic rings. The number of hydrogen-bond donors (Lipinski definition) is 2. The van der Waals surface area contributed by atoms with Crippen LogP contribution in [0.2, 0.25) is 0 Å². The van der Waals surface area contributed by atoms with Gasteiger partial charge < -0.3 is 14.9 Å². The molecule has 0 aliphatic carbocycles. The average Bonchev–Trinajstić information content (AvgIpc) is 3.00. The molecule has 25 heavy (non-hydrogen) atoms. The molecule has 3 rings (SSSR count). The highest BCUT2D eigenvalue weighted by Crippen LogP contribution is 2.18. The minimum absolute atomic E-state index is 0.0463. The molecule has 1 unspecified atom stereocenters. The van der Waals surface area contributed by atoms with Crippen LogP contribution in [0.5, 0.6) is 0 Å². The van der Waals surface area contributed by atoms with Gasteiger partial charge in [-0.2, -0.15) is 0 Å². The number of nitrogens with zero attached hydrogens (tertiary/aromatic N) is 2. The van der Waals surface area contributed by atoms with E-state index in [4.69, 9.17) is 0 Å². The van der Waals surface area contributed by atoms with E-state index in [1.807, 2.05) is 50.4 Å². The Morgan fingerprint density at radius 1 is 1.20 bits per heavy atom. The Morgan fingerprint density at radius 2 is 2.00 bits per heavy atom. The van der Waals surface area contributed by atoms with Gasteiger partial charge in [-0.25, -0.2) is 4.79 Å². The molecule has 1 amide bonds. The molecular weight excluding hydrogens is 316 g/mol. The number of imidazole rings is 1. The van der Waals surface area contributed by atoms with E-state index in [-0.39, 0.29) is 17.6 Å². The summed E-state index contributed by atoms with van der Waals surface area (Å²) in [5.41, 5.74) is 3.40. The minimum Gasteiger partial charge on any atom is -0.337 e. The number of H-pyrrole nitrogens is 2. The number of nitrogens with one attached hydrogen (secondary N) is 2. The zero-order valence-electron chi connectivity index (χ0n) is 14.5. The van der Waals surface area contributed by atoms with Crippen LogP contribution in [0.15, 0.2) is 47.4 Å². The lowest BCUT2D eigenvalue weighted by atomic mass is 10.1. The molecule has 0 saturated carbocycles. The SMILES string of the molecule is CC(c1ccccn1)N(C)C(=O)CCCc1ccc2[nH]c(=O)[nH]c2c1. The number of hydrogen-bond acceptors (Lipinski definition) is 3. The van der Waals surface area contributed by atoms with E-state index in [0.29, 0.717) is 6.42 Å². The van der Waals surface area contributed by atoms with Gasteiger partial charge in [0, 0.05) is 19.7 Å². The Bertz CT molecular complexity index is 914. The van der Waals surface area contributed by atoms with Crippen LogP contribution in [0, 0.1) is 0 Å². The van der Waals surface area contributed by atoms with Gasteiger partial charge in [-0.15, -0.1) is 0 Å². The second-order valence-corrected chi connectivity index (χ2v) is 6.25. The van der Waals surface area contributed by atoms with Crippen molar-refractivity contribution in [3.05, 3.63) is 64.3 Å². The number of pyridine rings is 1. The molecule has 2 heterocycles. The maximum absolute atomic E-state index is 12.4. The number of aryl methyl sites for hydroxylation is 1. The molecule has 0 saturated heterocycles. The molecular formula is C19H22N4O2. The van der Waals surface area contributed by atoms with Crippen LogP contribution in [0.3, 0.4) is 0 Å². The maximum Gasteiger partial charge on any atom is 0.323 e. The highest BCUT2D eigenvalue weighted by atomic mass is 16.2. The third kappa shape index (κ3) is 3.96. The van der Waals surface area contributed by atoms with Crippen LogP contribution in [0.1, 0.15) is 37.1 Å². The fourth-order valence-electron chi connectivity index (χ4n) is 2.89. The molecule has 3 aromatic rings. The van der Waals surface area contributed by atoms with E-state index in [2.05, 4.69) is 15.0 Å². The first-order valence-corrected chi connectivity index (χ1v) is 8.42. The zero-order chi connectivity index (χ0) is 17.8. The lowest BCUT2D eigenvalue weighted by Gasteiger charge is -2.24. The van der Waals surface area contributed by atoms with E-state index >= 15 is 0 Å². The number of fused-ring (bicyclic) bond motifs is 1. The summed E-state index contributed by atoms with van der Waals surface area (Å²) in [5, 5.41) is 0. The second-order valence-electron chi connectivity index (χ2n) is 6.25. The zero-order valence-corrected chi connectivity index (χ0v) is 14.5. The van der Waals surface area contributed by atoms with Crippen molar-refractivity contribution in [2.75, 3.05) is 7.05 Å². The third-order valence-corrected chi connectivity index (χ3v) is 4.53. The quantitative estimate of drug-likeness (QED) is 0.725. The summed E-state index contributed by atoms with van der Waals surface area (Å²) in [6.45, 7) is 1.98. The average molecular weight is 338 g/mol. The van der Waals surface area contributed by atoms with E-state index < -0.39 is 0 Å².